The van der Waals surface area contributed by atoms with Crippen LogP contribution in [0, 0.1) is 0 Å². The summed E-state index contributed by atoms with van der Waals surface area (Å²) in [4.78, 5) is 11.6. The number of Topliss-reactive ketones (excluding diaryl/α,β-unsaturated/α-hetero) is 1. The molecule has 1 aliphatic heterocycles. The fourth-order valence-electron chi connectivity index (χ4n) is 1.56. The van der Waals surface area contributed by atoms with Crippen LogP contribution in [0.15, 0.2) is 0 Å². The van der Waals surface area contributed by atoms with Crippen LogP contribution in [-0.4, -0.2) is 24.3 Å². The molecule has 0 aliphatic carbocycles. The molecule has 14 heavy (non-hydrogen) atoms. The molecule has 0 aromatic carbocycles. The third-order valence-corrected chi connectivity index (χ3v) is 2.39. The van der Waals surface area contributed by atoms with Gasteiger partial charge in [-0.15, -0.1) is 0 Å². The molecular formula is C11H20O3. The molecule has 0 bridgehead atoms. The normalized spacial score (nSPS) is 25.2. The Hall–Kier alpha value is -0.410. The quantitative estimate of drug-likeness (QED) is 0.639. The van der Waals surface area contributed by atoms with Crippen molar-refractivity contribution in [1.29, 1.82) is 0 Å². The van der Waals surface area contributed by atoms with Crippen molar-refractivity contribution in [3.05, 3.63) is 0 Å². The molecule has 82 valence electrons. The first-order chi connectivity index (χ1) is 6.55. The van der Waals surface area contributed by atoms with E-state index in [0.717, 1.165) is 19.3 Å². The van der Waals surface area contributed by atoms with E-state index in [0.29, 0.717) is 13.0 Å². The van der Waals surface area contributed by atoms with Gasteiger partial charge in [-0.3, -0.25) is 4.79 Å². The standard InChI is InChI=1S/C11H20O3/c1-4-5-6-7-9(12)10-8-13-11(2,3)14-10/h10H,4-8H2,1-3H3/t10-/m0/s1. The predicted octanol–water partition coefficient (Wildman–Crippen LogP) is 2.29. The second kappa shape index (κ2) is 4.89. The summed E-state index contributed by atoms with van der Waals surface area (Å²) in [5.41, 5.74) is 0. The molecule has 1 fully saturated rings. The summed E-state index contributed by atoms with van der Waals surface area (Å²) in [5, 5.41) is 0. The maximum atomic E-state index is 11.6. The lowest BCUT2D eigenvalue weighted by atomic mass is 10.1. The fourth-order valence-corrected chi connectivity index (χ4v) is 1.56. The number of carbonyl (C=O) groups is 1. The molecule has 1 atom stereocenters. The monoisotopic (exact) mass is 200 g/mol. The first-order valence-corrected chi connectivity index (χ1v) is 5.39. The van der Waals surface area contributed by atoms with Gasteiger partial charge >= 0.3 is 0 Å². The third kappa shape index (κ3) is 3.39. The number of carbonyl (C=O) groups excluding carboxylic acids is 1. The lowest BCUT2D eigenvalue weighted by molar-refractivity contribution is -0.152. The van der Waals surface area contributed by atoms with E-state index in [9.17, 15) is 4.79 Å². The number of rotatable bonds is 5. The molecule has 0 N–H and O–H groups in total. The van der Waals surface area contributed by atoms with Gasteiger partial charge in [-0.2, -0.15) is 0 Å². The van der Waals surface area contributed by atoms with Gasteiger partial charge in [0.2, 0.25) is 0 Å². The molecule has 1 aliphatic rings. The van der Waals surface area contributed by atoms with E-state index in [1.807, 2.05) is 13.8 Å². The van der Waals surface area contributed by atoms with Crippen molar-refractivity contribution in [2.75, 3.05) is 6.61 Å². The highest BCUT2D eigenvalue weighted by Crippen LogP contribution is 2.23. The van der Waals surface area contributed by atoms with Crippen LogP contribution in [0.1, 0.15) is 46.5 Å². The molecule has 1 heterocycles. The average Bonchev–Trinajstić information content (AvgIpc) is 2.46. The number of hydrogen-bond acceptors (Lipinski definition) is 3. The van der Waals surface area contributed by atoms with Crippen LogP contribution in [0.2, 0.25) is 0 Å². The summed E-state index contributed by atoms with van der Waals surface area (Å²) in [7, 11) is 0. The largest absolute Gasteiger partial charge is 0.347 e. The molecule has 3 nitrogen and oxygen atoms in total. The maximum Gasteiger partial charge on any atom is 0.164 e. The van der Waals surface area contributed by atoms with Gasteiger partial charge in [-0.05, 0) is 20.3 Å². The van der Waals surface area contributed by atoms with Crippen molar-refractivity contribution in [3.63, 3.8) is 0 Å². The van der Waals surface area contributed by atoms with Crippen LogP contribution >= 0.6 is 0 Å². The van der Waals surface area contributed by atoms with Crippen molar-refractivity contribution in [2.24, 2.45) is 0 Å². The van der Waals surface area contributed by atoms with E-state index in [-0.39, 0.29) is 11.9 Å². The van der Waals surface area contributed by atoms with Gasteiger partial charge in [-0.25, -0.2) is 0 Å². The summed E-state index contributed by atoms with van der Waals surface area (Å²) in [6, 6.07) is 0. The van der Waals surface area contributed by atoms with E-state index >= 15 is 0 Å². The Bertz CT molecular complexity index is 199. The van der Waals surface area contributed by atoms with Crippen LogP contribution in [-0.2, 0) is 14.3 Å². The zero-order valence-electron chi connectivity index (χ0n) is 9.34. The summed E-state index contributed by atoms with van der Waals surface area (Å²) >= 11 is 0. The zero-order valence-corrected chi connectivity index (χ0v) is 9.34. The molecular weight excluding hydrogens is 180 g/mol. The second-order valence-corrected chi connectivity index (χ2v) is 4.24. The summed E-state index contributed by atoms with van der Waals surface area (Å²) in [6.45, 7) is 6.22. The second-order valence-electron chi connectivity index (χ2n) is 4.24. The van der Waals surface area contributed by atoms with E-state index < -0.39 is 5.79 Å². The lowest BCUT2D eigenvalue weighted by Gasteiger charge is -2.16. The molecule has 0 radical (unpaired) electrons. The van der Waals surface area contributed by atoms with Crippen LogP contribution in [0.4, 0.5) is 0 Å². The van der Waals surface area contributed by atoms with E-state index in [2.05, 4.69) is 6.92 Å². The van der Waals surface area contributed by atoms with Crippen LogP contribution in [0.3, 0.4) is 0 Å². The van der Waals surface area contributed by atoms with Crippen molar-refractivity contribution in [2.45, 2.75) is 58.3 Å². The molecule has 1 rings (SSSR count). The van der Waals surface area contributed by atoms with Crippen LogP contribution in [0.25, 0.3) is 0 Å². The van der Waals surface area contributed by atoms with E-state index in [1.54, 1.807) is 0 Å². The van der Waals surface area contributed by atoms with Gasteiger partial charge in [0.25, 0.3) is 0 Å². The lowest BCUT2D eigenvalue weighted by Crippen LogP contribution is -2.26. The van der Waals surface area contributed by atoms with Gasteiger partial charge in [0.05, 0.1) is 6.61 Å². The SMILES string of the molecule is CCCCCC(=O)[C@@H]1COC(C)(C)O1. The Kier molecular flexibility index (Phi) is 4.08. The molecule has 1 saturated heterocycles. The predicted molar refractivity (Wildman–Crippen MR) is 54.1 cm³/mol. The Morgan fingerprint density at radius 1 is 1.43 bits per heavy atom. The highest BCUT2D eigenvalue weighted by Gasteiger charge is 2.36. The molecule has 0 saturated carbocycles. The number of ketones is 1. The summed E-state index contributed by atoms with van der Waals surface area (Å²) in [5.74, 6) is -0.394. The number of hydrogen-bond donors (Lipinski definition) is 0. The topological polar surface area (TPSA) is 35.5 Å². The molecule has 3 heteroatoms. The molecule has 0 unspecified atom stereocenters. The maximum absolute atomic E-state index is 11.6. The van der Waals surface area contributed by atoms with Crippen molar-refractivity contribution < 1.29 is 14.3 Å². The molecule has 0 aromatic heterocycles. The third-order valence-electron chi connectivity index (χ3n) is 2.39. The van der Waals surface area contributed by atoms with Gasteiger partial charge in [-0.1, -0.05) is 19.8 Å². The average molecular weight is 200 g/mol. The molecule has 0 aromatic rings. The highest BCUT2D eigenvalue weighted by molar-refractivity contribution is 5.83. The fraction of sp³-hybridized carbons (Fsp3) is 0.909. The highest BCUT2D eigenvalue weighted by atomic mass is 16.7. The summed E-state index contributed by atoms with van der Waals surface area (Å²) in [6.07, 6.45) is 3.51. The van der Waals surface area contributed by atoms with Gasteiger partial charge in [0, 0.05) is 6.42 Å². The van der Waals surface area contributed by atoms with Gasteiger partial charge in [0.15, 0.2) is 11.6 Å². The minimum absolute atomic E-state index is 0.184. The minimum atomic E-state index is -0.578. The zero-order chi connectivity index (χ0) is 10.6. The Labute approximate surface area is 85.8 Å². The Morgan fingerprint density at radius 3 is 2.64 bits per heavy atom. The Balaban J connectivity index is 2.25. The van der Waals surface area contributed by atoms with Crippen LogP contribution in [0.5, 0.6) is 0 Å². The van der Waals surface area contributed by atoms with E-state index in [4.69, 9.17) is 9.47 Å². The van der Waals surface area contributed by atoms with Crippen molar-refractivity contribution in [3.8, 4) is 0 Å². The van der Waals surface area contributed by atoms with Gasteiger partial charge in [0.1, 0.15) is 6.10 Å². The van der Waals surface area contributed by atoms with Crippen molar-refractivity contribution >= 4 is 5.78 Å². The first kappa shape index (κ1) is 11.7. The number of unbranched alkanes of at least 4 members (excludes halogenated alkanes) is 2. The van der Waals surface area contributed by atoms with Crippen LogP contribution < -0.4 is 0 Å². The van der Waals surface area contributed by atoms with Crippen molar-refractivity contribution in [1.82, 2.24) is 0 Å². The smallest absolute Gasteiger partial charge is 0.164 e. The summed E-state index contributed by atoms with van der Waals surface area (Å²) < 4.78 is 10.8. The van der Waals surface area contributed by atoms with E-state index in [1.165, 1.54) is 0 Å². The molecule has 0 spiro atoms. The van der Waals surface area contributed by atoms with Gasteiger partial charge < -0.3 is 9.47 Å². The molecule has 0 amide bonds. The Morgan fingerprint density at radius 2 is 2.14 bits per heavy atom. The first-order valence-electron chi connectivity index (χ1n) is 5.39. The minimum Gasteiger partial charge on any atom is -0.347 e. The number of ether oxygens (including phenoxy) is 2.